The summed E-state index contributed by atoms with van der Waals surface area (Å²) in [6.45, 7) is 9.68. The lowest BCUT2D eigenvalue weighted by atomic mass is 9.69. The Labute approximate surface area is 164 Å². The number of esters is 2. The molecule has 0 aliphatic heterocycles. The molecule has 2 rings (SSSR count). The second-order valence-electron chi connectivity index (χ2n) is 7.54. The topological polar surface area (TPSA) is 81.7 Å². The van der Waals surface area contributed by atoms with Crippen LogP contribution in [0.4, 0.5) is 5.00 Å². The molecule has 0 aromatic carbocycles. The molecule has 7 heteroatoms. The standard InChI is InChI=1S/C20H29NO5S/c1-6-20(4,5)13-8-9-14-15(10-13)27-18(17(14)19(24)25-7-2)21-16(23)11-26-12(3)22/h13H,6-11H2,1-5H3,(H,21,23). The normalized spacial score (nSPS) is 16.4. The maximum absolute atomic E-state index is 12.5. The lowest BCUT2D eigenvalue weighted by molar-refractivity contribution is -0.144. The van der Waals surface area contributed by atoms with Crippen LogP contribution in [0.5, 0.6) is 0 Å². The minimum atomic E-state index is -0.522. The molecule has 1 amide bonds. The molecule has 0 radical (unpaired) electrons. The zero-order valence-electron chi connectivity index (χ0n) is 16.8. The Kier molecular flexibility index (Phi) is 7.03. The minimum Gasteiger partial charge on any atom is -0.462 e. The number of rotatable bonds is 7. The van der Waals surface area contributed by atoms with Gasteiger partial charge in [0, 0.05) is 11.8 Å². The molecule has 1 N–H and O–H groups in total. The molecule has 0 bridgehead atoms. The first-order valence-electron chi connectivity index (χ1n) is 9.44. The number of carbonyl (C=O) groups excluding carboxylic acids is 3. The summed E-state index contributed by atoms with van der Waals surface area (Å²) >= 11 is 1.44. The van der Waals surface area contributed by atoms with Crippen molar-refractivity contribution in [1.29, 1.82) is 0 Å². The van der Waals surface area contributed by atoms with Gasteiger partial charge in [0.1, 0.15) is 5.00 Å². The number of nitrogens with one attached hydrogen (secondary N) is 1. The second kappa shape index (κ2) is 8.87. The van der Waals surface area contributed by atoms with Gasteiger partial charge >= 0.3 is 11.9 Å². The third kappa shape index (κ3) is 5.09. The van der Waals surface area contributed by atoms with Gasteiger partial charge < -0.3 is 14.8 Å². The summed E-state index contributed by atoms with van der Waals surface area (Å²) in [5.41, 5.74) is 1.68. The third-order valence-electron chi connectivity index (χ3n) is 5.42. The quantitative estimate of drug-likeness (QED) is 0.707. The fraction of sp³-hybridized carbons (Fsp3) is 0.650. The molecule has 1 aliphatic rings. The molecule has 1 heterocycles. The van der Waals surface area contributed by atoms with Gasteiger partial charge in [0.2, 0.25) is 0 Å². The Hall–Kier alpha value is -1.89. The van der Waals surface area contributed by atoms with Crippen LogP contribution in [0, 0.1) is 11.3 Å². The molecule has 150 valence electrons. The first kappa shape index (κ1) is 21.4. The summed E-state index contributed by atoms with van der Waals surface area (Å²) < 4.78 is 9.96. The lowest BCUT2D eigenvalue weighted by Crippen LogP contribution is -2.28. The van der Waals surface area contributed by atoms with Crippen molar-refractivity contribution in [2.75, 3.05) is 18.5 Å². The van der Waals surface area contributed by atoms with Crippen LogP contribution in [0.2, 0.25) is 0 Å². The van der Waals surface area contributed by atoms with Crippen LogP contribution in [0.3, 0.4) is 0 Å². The van der Waals surface area contributed by atoms with Gasteiger partial charge in [-0.25, -0.2) is 4.79 Å². The molecule has 6 nitrogen and oxygen atoms in total. The third-order valence-corrected chi connectivity index (χ3v) is 6.59. The van der Waals surface area contributed by atoms with Gasteiger partial charge in [0.15, 0.2) is 6.61 Å². The lowest BCUT2D eigenvalue weighted by Gasteiger charge is -2.36. The summed E-state index contributed by atoms with van der Waals surface area (Å²) in [6, 6.07) is 0. The molecule has 27 heavy (non-hydrogen) atoms. The minimum absolute atomic E-state index is 0.227. The number of hydrogen-bond donors (Lipinski definition) is 1. The van der Waals surface area contributed by atoms with Crippen LogP contribution in [-0.2, 0) is 31.9 Å². The number of anilines is 1. The highest BCUT2D eigenvalue weighted by Crippen LogP contribution is 2.45. The first-order chi connectivity index (χ1) is 12.7. The van der Waals surface area contributed by atoms with Crippen LogP contribution in [0.25, 0.3) is 0 Å². The van der Waals surface area contributed by atoms with Crippen molar-refractivity contribution in [2.24, 2.45) is 11.3 Å². The molecule has 0 spiro atoms. The zero-order chi connectivity index (χ0) is 20.2. The predicted octanol–water partition coefficient (Wildman–Crippen LogP) is 3.97. The Bertz CT molecular complexity index is 722. The molecule has 1 aromatic heterocycles. The number of ether oxygens (including phenoxy) is 2. The van der Waals surface area contributed by atoms with Gasteiger partial charge in [-0.05, 0) is 43.1 Å². The number of hydrogen-bond acceptors (Lipinski definition) is 6. The molecular weight excluding hydrogens is 366 g/mol. The van der Waals surface area contributed by atoms with Gasteiger partial charge in [0.05, 0.1) is 12.2 Å². The molecule has 1 unspecified atom stereocenters. The Morgan fingerprint density at radius 1 is 1.22 bits per heavy atom. The average molecular weight is 396 g/mol. The monoisotopic (exact) mass is 395 g/mol. The van der Waals surface area contributed by atoms with E-state index in [4.69, 9.17) is 9.47 Å². The molecule has 1 aliphatic carbocycles. The fourth-order valence-corrected chi connectivity index (χ4v) is 4.71. The van der Waals surface area contributed by atoms with Crippen molar-refractivity contribution in [3.63, 3.8) is 0 Å². The maximum atomic E-state index is 12.5. The summed E-state index contributed by atoms with van der Waals surface area (Å²) in [5.74, 6) is -0.857. The van der Waals surface area contributed by atoms with Gasteiger partial charge in [-0.1, -0.05) is 27.2 Å². The van der Waals surface area contributed by atoms with Crippen molar-refractivity contribution < 1.29 is 23.9 Å². The summed E-state index contributed by atoms with van der Waals surface area (Å²) in [7, 11) is 0. The smallest absolute Gasteiger partial charge is 0.341 e. The van der Waals surface area contributed by atoms with Crippen molar-refractivity contribution in [1.82, 2.24) is 0 Å². The molecular formula is C20H29NO5S. The van der Waals surface area contributed by atoms with Crippen molar-refractivity contribution in [3.05, 3.63) is 16.0 Å². The van der Waals surface area contributed by atoms with E-state index in [0.717, 1.165) is 36.1 Å². The second-order valence-corrected chi connectivity index (χ2v) is 8.64. The van der Waals surface area contributed by atoms with Crippen LogP contribution < -0.4 is 5.32 Å². The van der Waals surface area contributed by atoms with Gasteiger partial charge in [-0.3, -0.25) is 9.59 Å². The van der Waals surface area contributed by atoms with Gasteiger partial charge in [-0.2, -0.15) is 0 Å². The summed E-state index contributed by atoms with van der Waals surface area (Å²) in [5, 5.41) is 3.22. The highest BCUT2D eigenvalue weighted by Gasteiger charge is 2.35. The fourth-order valence-electron chi connectivity index (χ4n) is 3.38. The van der Waals surface area contributed by atoms with E-state index in [0.29, 0.717) is 16.5 Å². The molecule has 0 saturated carbocycles. The highest BCUT2D eigenvalue weighted by molar-refractivity contribution is 7.17. The first-order valence-corrected chi connectivity index (χ1v) is 10.3. The van der Waals surface area contributed by atoms with Gasteiger partial charge in [-0.15, -0.1) is 11.3 Å². The van der Waals surface area contributed by atoms with Crippen molar-refractivity contribution >= 4 is 34.2 Å². The van der Waals surface area contributed by atoms with Crippen LogP contribution in [0.1, 0.15) is 68.3 Å². The summed E-state index contributed by atoms with van der Waals surface area (Å²) in [6.07, 6.45) is 3.80. The molecule has 0 fully saturated rings. The Balaban J connectivity index is 2.30. The zero-order valence-corrected chi connectivity index (χ0v) is 17.6. The predicted molar refractivity (Wildman–Crippen MR) is 105 cm³/mol. The molecule has 1 atom stereocenters. The number of amides is 1. The van der Waals surface area contributed by atoms with E-state index in [1.54, 1.807) is 6.92 Å². The van der Waals surface area contributed by atoms with E-state index in [1.165, 1.54) is 18.3 Å². The van der Waals surface area contributed by atoms with Crippen molar-refractivity contribution in [2.45, 2.75) is 60.3 Å². The average Bonchev–Trinajstić information content (AvgIpc) is 2.97. The number of carbonyl (C=O) groups is 3. The number of thiophene rings is 1. The highest BCUT2D eigenvalue weighted by atomic mass is 32.1. The summed E-state index contributed by atoms with van der Waals surface area (Å²) in [4.78, 5) is 36.7. The van der Waals surface area contributed by atoms with Crippen LogP contribution in [-0.4, -0.2) is 31.1 Å². The van der Waals surface area contributed by atoms with Crippen LogP contribution in [0.15, 0.2) is 0 Å². The van der Waals surface area contributed by atoms with E-state index in [9.17, 15) is 14.4 Å². The van der Waals surface area contributed by atoms with Gasteiger partial charge in [0.25, 0.3) is 5.91 Å². The van der Waals surface area contributed by atoms with Crippen LogP contribution >= 0.6 is 11.3 Å². The van der Waals surface area contributed by atoms with Crippen molar-refractivity contribution in [3.8, 4) is 0 Å². The largest absolute Gasteiger partial charge is 0.462 e. The van der Waals surface area contributed by atoms with E-state index in [1.807, 2.05) is 0 Å². The molecule has 0 saturated heterocycles. The van der Waals surface area contributed by atoms with E-state index in [2.05, 4.69) is 26.1 Å². The maximum Gasteiger partial charge on any atom is 0.341 e. The Morgan fingerprint density at radius 2 is 1.93 bits per heavy atom. The molecule has 1 aromatic rings. The SMILES string of the molecule is CCOC(=O)c1c(NC(=O)COC(C)=O)sc2c1CCC(C(C)(C)CC)C2. The van der Waals surface area contributed by atoms with E-state index in [-0.39, 0.29) is 18.6 Å². The van der Waals surface area contributed by atoms with E-state index >= 15 is 0 Å². The number of fused-ring (bicyclic) bond motifs is 1. The van der Waals surface area contributed by atoms with E-state index < -0.39 is 17.8 Å². The Morgan fingerprint density at radius 3 is 2.52 bits per heavy atom.